The number of nitrogens with zero attached hydrogens (tertiary/aromatic N) is 2. The molecule has 0 aliphatic carbocycles. The lowest BCUT2D eigenvalue weighted by molar-refractivity contribution is 0.0402. The Morgan fingerprint density at radius 2 is 2.00 bits per heavy atom. The van der Waals surface area contributed by atoms with Crippen molar-refractivity contribution in [2.75, 3.05) is 26.8 Å². The van der Waals surface area contributed by atoms with Gasteiger partial charge in [0.2, 0.25) is 0 Å². The van der Waals surface area contributed by atoms with Crippen molar-refractivity contribution in [1.29, 1.82) is 0 Å². The first kappa shape index (κ1) is 16.7. The van der Waals surface area contributed by atoms with Gasteiger partial charge in [0.15, 0.2) is 0 Å². The fourth-order valence-electron chi connectivity index (χ4n) is 2.63. The monoisotopic (exact) mass is 303 g/mol. The molecule has 0 fully saturated rings. The van der Waals surface area contributed by atoms with Crippen LogP contribution >= 0.6 is 0 Å². The normalized spacial score (nSPS) is 12.1. The molecule has 0 amide bonds. The van der Waals surface area contributed by atoms with Crippen LogP contribution in [0.4, 0.5) is 0 Å². The fourth-order valence-corrected chi connectivity index (χ4v) is 2.63. The Kier molecular flexibility index (Phi) is 5.34. The van der Waals surface area contributed by atoms with Crippen LogP contribution in [0.2, 0.25) is 0 Å². The van der Waals surface area contributed by atoms with Crippen LogP contribution < -0.4 is 0 Å². The van der Waals surface area contributed by atoms with Crippen molar-refractivity contribution < 1.29 is 10.2 Å². The van der Waals surface area contributed by atoms with Gasteiger partial charge in [0.25, 0.3) is 0 Å². The molecular formula is C17H25N3O2. The minimum Gasteiger partial charge on any atom is -0.396 e. The van der Waals surface area contributed by atoms with Crippen LogP contribution in [0.1, 0.15) is 18.1 Å². The summed E-state index contributed by atoms with van der Waals surface area (Å²) < 4.78 is 0. The second-order valence-electron chi connectivity index (χ2n) is 6.44. The molecule has 1 aromatic heterocycles. The average molecular weight is 303 g/mol. The molecule has 2 rings (SSSR count). The van der Waals surface area contributed by atoms with Gasteiger partial charge >= 0.3 is 0 Å². The highest BCUT2D eigenvalue weighted by Gasteiger charge is 2.24. The molecule has 0 radical (unpaired) electrons. The third-order valence-corrected chi connectivity index (χ3v) is 3.88. The van der Waals surface area contributed by atoms with Crippen molar-refractivity contribution in [3.8, 4) is 11.3 Å². The second-order valence-corrected chi connectivity index (χ2v) is 6.44. The number of H-pyrrole nitrogens is 1. The number of aromatic nitrogens is 2. The molecule has 0 atom stereocenters. The van der Waals surface area contributed by atoms with Crippen LogP contribution in [0.25, 0.3) is 11.3 Å². The van der Waals surface area contributed by atoms with Crippen molar-refractivity contribution >= 4 is 0 Å². The predicted molar refractivity (Wildman–Crippen MR) is 87.4 cm³/mol. The van der Waals surface area contributed by atoms with Gasteiger partial charge in [0, 0.05) is 29.6 Å². The third-order valence-electron chi connectivity index (χ3n) is 3.88. The molecule has 0 saturated heterocycles. The van der Waals surface area contributed by atoms with Crippen LogP contribution in [0.3, 0.4) is 0 Å². The summed E-state index contributed by atoms with van der Waals surface area (Å²) >= 11 is 0. The molecule has 0 spiro atoms. The molecule has 1 heterocycles. The SMILES string of the molecule is Cc1cccc(-c2[nH]ncc2CN(C)CC(C)(CO)CO)c1. The van der Waals surface area contributed by atoms with E-state index in [9.17, 15) is 10.2 Å². The summed E-state index contributed by atoms with van der Waals surface area (Å²) in [4.78, 5) is 2.09. The maximum atomic E-state index is 9.42. The number of aromatic amines is 1. The lowest BCUT2D eigenvalue weighted by atomic mass is 9.92. The van der Waals surface area contributed by atoms with E-state index in [1.807, 2.05) is 26.2 Å². The Bertz CT molecular complexity index is 605. The largest absolute Gasteiger partial charge is 0.396 e. The summed E-state index contributed by atoms with van der Waals surface area (Å²) in [5.41, 5.74) is 3.95. The molecule has 0 aliphatic heterocycles. The molecule has 5 nitrogen and oxygen atoms in total. The minimum atomic E-state index is -0.498. The Balaban J connectivity index is 2.13. The van der Waals surface area contributed by atoms with E-state index in [-0.39, 0.29) is 13.2 Å². The van der Waals surface area contributed by atoms with E-state index in [0.29, 0.717) is 13.1 Å². The average Bonchev–Trinajstić information content (AvgIpc) is 2.95. The number of aliphatic hydroxyl groups excluding tert-OH is 2. The number of hydrogen-bond donors (Lipinski definition) is 3. The zero-order valence-corrected chi connectivity index (χ0v) is 13.5. The van der Waals surface area contributed by atoms with Crippen LogP contribution in [-0.4, -0.2) is 52.1 Å². The highest BCUT2D eigenvalue weighted by atomic mass is 16.3. The Morgan fingerprint density at radius 3 is 2.64 bits per heavy atom. The summed E-state index contributed by atoms with van der Waals surface area (Å²) in [6.07, 6.45) is 1.84. The van der Waals surface area contributed by atoms with Gasteiger partial charge in [-0.15, -0.1) is 0 Å². The smallest absolute Gasteiger partial charge is 0.0695 e. The van der Waals surface area contributed by atoms with E-state index in [0.717, 1.165) is 16.8 Å². The molecular weight excluding hydrogens is 278 g/mol. The van der Waals surface area contributed by atoms with E-state index in [2.05, 4.69) is 40.2 Å². The van der Waals surface area contributed by atoms with E-state index in [1.165, 1.54) is 5.56 Å². The topological polar surface area (TPSA) is 72.4 Å². The van der Waals surface area contributed by atoms with E-state index in [1.54, 1.807) is 0 Å². The second kappa shape index (κ2) is 7.05. The molecule has 0 aliphatic rings. The molecule has 120 valence electrons. The maximum Gasteiger partial charge on any atom is 0.0695 e. The third kappa shape index (κ3) is 3.94. The number of nitrogens with one attached hydrogen (secondary N) is 1. The molecule has 2 aromatic rings. The van der Waals surface area contributed by atoms with Crippen molar-refractivity contribution in [3.05, 3.63) is 41.6 Å². The lowest BCUT2D eigenvalue weighted by Crippen LogP contribution is -2.38. The highest BCUT2D eigenvalue weighted by molar-refractivity contribution is 5.63. The predicted octanol–water partition coefficient (Wildman–Crippen LogP) is 1.81. The van der Waals surface area contributed by atoms with E-state index in [4.69, 9.17) is 0 Å². The van der Waals surface area contributed by atoms with Gasteiger partial charge in [-0.2, -0.15) is 5.10 Å². The van der Waals surface area contributed by atoms with Crippen LogP contribution in [0, 0.1) is 12.3 Å². The number of rotatable bonds is 7. The standard InChI is InChI=1S/C17H25N3O2/c1-13-5-4-6-14(7-13)16-15(8-18-19-16)9-20(3)10-17(2,11-21)12-22/h4-8,21-22H,9-12H2,1-3H3,(H,18,19). The summed E-state index contributed by atoms with van der Waals surface area (Å²) in [6.45, 7) is 5.18. The summed E-state index contributed by atoms with van der Waals surface area (Å²) in [5, 5.41) is 26.1. The van der Waals surface area contributed by atoms with E-state index < -0.39 is 5.41 Å². The highest BCUT2D eigenvalue weighted by Crippen LogP contribution is 2.24. The number of benzene rings is 1. The lowest BCUT2D eigenvalue weighted by Gasteiger charge is -2.30. The Morgan fingerprint density at radius 1 is 1.27 bits per heavy atom. The van der Waals surface area contributed by atoms with Gasteiger partial charge in [-0.3, -0.25) is 5.10 Å². The van der Waals surface area contributed by atoms with Gasteiger partial charge in [0.05, 0.1) is 25.1 Å². The van der Waals surface area contributed by atoms with Gasteiger partial charge in [-0.1, -0.05) is 30.7 Å². The van der Waals surface area contributed by atoms with Crippen molar-refractivity contribution in [2.24, 2.45) is 5.41 Å². The van der Waals surface area contributed by atoms with Gasteiger partial charge < -0.3 is 15.1 Å². The number of hydrogen-bond acceptors (Lipinski definition) is 4. The minimum absolute atomic E-state index is 0.0377. The zero-order chi connectivity index (χ0) is 16.2. The first-order chi connectivity index (χ1) is 10.5. The summed E-state index contributed by atoms with van der Waals surface area (Å²) in [5.74, 6) is 0. The van der Waals surface area contributed by atoms with Gasteiger partial charge in [-0.25, -0.2) is 0 Å². The van der Waals surface area contributed by atoms with Crippen LogP contribution in [-0.2, 0) is 6.54 Å². The van der Waals surface area contributed by atoms with E-state index >= 15 is 0 Å². The van der Waals surface area contributed by atoms with Gasteiger partial charge in [-0.05, 0) is 20.0 Å². The Hall–Kier alpha value is -1.69. The van der Waals surface area contributed by atoms with Gasteiger partial charge in [0.1, 0.15) is 0 Å². The fraction of sp³-hybridized carbons (Fsp3) is 0.471. The quantitative estimate of drug-likeness (QED) is 0.729. The molecule has 5 heteroatoms. The van der Waals surface area contributed by atoms with Crippen LogP contribution in [0.15, 0.2) is 30.5 Å². The first-order valence-corrected chi connectivity index (χ1v) is 7.47. The van der Waals surface area contributed by atoms with Crippen LogP contribution in [0.5, 0.6) is 0 Å². The van der Waals surface area contributed by atoms with Crippen molar-refractivity contribution in [1.82, 2.24) is 15.1 Å². The summed E-state index contributed by atoms with van der Waals surface area (Å²) in [6, 6.07) is 8.30. The Labute approximate surface area is 131 Å². The molecule has 1 aromatic carbocycles. The molecule has 0 unspecified atom stereocenters. The zero-order valence-electron chi connectivity index (χ0n) is 13.5. The number of aryl methyl sites for hydroxylation is 1. The molecule has 0 bridgehead atoms. The van der Waals surface area contributed by atoms with Crippen molar-refractivity contribution in [3.63, 3.8) is 0 Å². The molecule has 0 saturated carbocycles. The first-order valence-electron chi connectivity index (χ1n) is 7.47. The maximum absolute atomic E-state index is 9.42. The van der Waals surface area contributed by atoms with Crippen molar-refractivity contribution in [2.45, 2.75) is 20.4 Å². The number of aliphatic hydroxyl groups is 2. The summed E-state index contributed by atoms with van der Waals surface area (Å²) in [7, 11) is 1.98. The molecule has 22 heavy (non-hydrogen) atoms. The molecule has 3 N–H and O–H groups in total.